The SMILES string of the molecule is CC(C)[O][Al]([O]c1c(C=NC(C)c2ccccc2)cc(C(C)(C)C)cc1C(C)(C)C)[O]C(C)C. The lowest BCUT2D eigenvalue weighted by molar-refractivity contribution is 0.0844. The molecule has 0 aliphatic heterocycles. The molecule has 5 heteroatoms. The Balaban J connectivity index is 2.64. The van der Waals surface area contributed by atoms with Crippen molar-refractivity contribution in [2.45, 2.75) is 105 Å². The lowest BCUT2D eigenvalue weighted by Crippen LogP contribution is -2.36. The van der Waals surface area contributed by atoms with Crippen LogP contribution in [0.1, 0.15) is 104 Å². The van der Waals surface area contributed by atoms with Crippen LogP contribution in [0.2, 0.25) is 0 Å². The quantitative estimate of drug-likeness (QED) is 0.272. The summed E-state index contributed by atoms with van der Waals surface area (Å²) in [6, 6.07) is 14.9. The van der Waals surface area contributed by atoms with Crippen LogP contribution in [0.25, 0.3) is 0 Å². The summed E-state index contributed by atoms with van der Waals surface area (Å²) in [6.45, 7) is 23.6. The van der Waals surface area contributed by atoms with Crippen molar-refractivity contribution in [1.29, 1.82) is 0 Å². The van der Waals surface area contributed by atoms with Gasteiger partial charge in [0.25, 0.3) is 0 Å². The molecule has 1 atom stereocenters. The molecule has 0 heterocycles. The van der Waals surface area contributed by atoms with Crippen LogP contribution >= 0.6 is 0 Å². The predicted octanol–water partition coefficient (Wildman–Crippen LogP) is 7.68. The molecule has 0 saturated carbocycles. The average Bonchev–Trinajstić information content (AvgIpc) is 2.70. The van der Waals surface area contributed by atoms with Crippen LogP contribution in [-0.2, 0) is 18.4 Å². The molecule has 0 saturated heterocycles. The van der Waals surface area contributed by atoms with Gasteiger partial charge in [0.2, 0.25) is 0 Å². The Morgan fingerprint density at radius 2 is 1.35 bits per heavy atom. The molecule has 0 amide bonds. The molecule has 0 aliphatic rings. The van der Waals surface area contributed by atoms with Gasteiger partial charge in [-0.2, -0.15) is 0 Å². The van der Waals surface area contributed by atoms with Crippen LogP contribution in [0.3, 0.4) is 0 Å². The molecular formula is C29H44AlNO3. The van der Waals surface area contributed by atoms with E-state index in [1.54, 1.807) is 0 Å². The first kappa shape index (κ1) is 28.6. The van der Waals surface area contributed by atoms with Gasteiger partial charge in [-0.1, -0.05) is 77.9 Å². The highest BCUT2D eigenvalue weighted by Crippen LogP contribution is 2.38. The van der Waals surface area contributed by atoms with E-state index in [1.807, 2.05) is 40.0 Å². The molecule has 2 aromatic carbocycles. The molecule has 1 unspecified atom stereocenters. The molecular weight excluding hydrogens is 437 g/mol. The van der Waals surface area contributed by atoms with Crippen molar-refractivity contribution in [2.75, 3.05) is 0 Å². The first-order valence-corrected chi connectivity index (χ1v) is 13.8. The fraction of sp³-hybridized carbons (Fsp3) is 0.552. The van der Waals surface area contributed by atoms with Gasteiger partial charge in [-0.15, -0.1) is 0 Å². The zero-order valence-corrected chi connectivity index (χ0v) is 24.3. The fourth-order valence-corrected chi connectivity index (χ4v) is 5.03. The lowest BCUT2D eigenvalue weighted by atomic mass is 9.79. The standard InChI is InChI=1S/C23H31NO.2C3H7O.Al/c1-16(17-11-9-8-10-12-17)24-15-18-13-19(22(2,3)4)14-20(21(18)25)23(5,6)7;2*1-3(2)4;/h8-16,25H,1-7H3;2*3H,1-2H3;/q;2*-1;+3/p-1. The molecule has 0 bridgehead atoms. The van der Waals surface area contributed by atoms with E-state index in [2.05, 4.69) is 84.9 Å². The first-order chi connectivity index (χ1) is 15.7. The Morgan fingerprint density at radius 3 is 1.82 bits per heavy atom. The number of hydrogen-bond donors (Lipinski definition) is 0. The van der Waals surface area contributed by atoms with Gasteiger partial charge in [-0.3, -0.25) is 4.99 Å². The number of hydrogen-bond acceptors (Lipinski definition) is 4. The van der Waals surface area contributed by atoms with Crippen LogP contribution in [0, 0.1) is 0 Å². The van der Waals surface area contributed by atoms with Crippen LogP contribution < -0.4 is 3.79 Å². The molecule has 0 aliphatic carbocycles. The van der Waals surface area contributed by atoms with Crippen LogP contribution in [0.5, 0.6) is 5.75 Å². The third-order valence-electron chi connectivity index (χ3n) is 5.49. The summed E-state index contributed by atoms with van der Waals surface area (Å²) in [5.41, 5.74) is 4.42. The van der Waals surface area contributed by atoms with Gasteiger partial charge in [-0.05, 0) is 68.2 Å². The third-order valence-corrected chi connectivity index (χ3v) is 7.45. The van der Waals surface area contributed by atoms with E-state index in [4.69, 9.17) is 16.4 Å². The maximum Gasteiger partial charge on any atom is 1.00 e. The maximum atomic E-state index is 6.63. The van der Waals surface area contributed by atoms with E-state index in [9.17, 15) is 0 Å². The Labute approximate surface area is 213 Å². The summed E-state index contributed by atoms with van der Waals surface area (Å²) in [7, 11) is 0. The van der Waals surface area contributed by atoms with Gasteiger partial charge in [0, 0.05) is 24.0 Å². The van der Waals surface area contributed by atoms with E-state index < -0.39 is 15.1 Å². The zero-order chi connectivity index (χ0) is 25.7. The van der Waals surface area contributed by atoms with Gasteiger partial charge in [-0.25, -0.2) is 0 Å². The minimum absolute atomic E-state index is 0.00807. The van der Waals surface area contributed by atoms with E-state index in [1.165, 1.54) is 11.1 Å². The summed E-state index contributed by atoms with van der Waals surface area (Å²) in [5.74, 6) is 0.822. The second-order valence-electron chi connectivity index (χ2n) is 11.6. The molecule has 0 spiro atoms. The largest absolute Gasteiger partial charge is 1.00 e. The van der Waals surface area contributed by atoms with Gasteiger partial charge >= 0.3 is 15.1 Å². The van der Waals surface area contributed by atoms with Gasteiger partial charge in [0.1, 0.15) is 0 Å². The fourth-order valence-electron chi connectivity index (χ4n) is 3.51. The van der Waals surface area contributed by atoms with Gasteiger partial charge in [0.05, 0.1) is 11.8 Å². The summed E-state index contributed by atoms with van der Waals surface area (Å²) in [6.07, 6.45) is 2.02. The van der Waals surface area contributed by atoms with Crippen molar-refractivity contribution in [3.05, 3.63) is 64.7 Å². The summed E-state index contributed by atoms with van der Waals surface area (Å²) >= 11 is -2.43. The van der Waals surface area contributed by atoms with Crippen molar-refractivity contribution in [3.63, 3.8) is 0 Å². The van der Waals surface area contributed by atoms with Crippen molar-refractivity contribution in [1.82, 2.24) is 0 Å². The summed E-state index contributed by atoms with van der Waals surface area (Å²) in [4.78, 5) is 4.93. The summed E-state index contributed by atoms with van der Waals surface area (Å²) < 4.78 is 18.9. The molecule has 0 fully saturated rings. The molecule has 34 heavy (non-hydrogen) atoms. The maximum absolute atomic E-state index is 6.63. The average molecular weight is 482 g/mol. The smallest absolute Gasteiger partial charge is 0.598 e. The Hall–Kier alpha value is -1.64. The molecule has 2 rings (SSSR count). The minimum Gasteiger partial charge on any atom is -0.598 e. The number of aliphatic imine (C=N–C) groups is 1. The normalized spacial score (nSPS) is 13.7. The van der Waals surface area contributed by atoms with Crippen molar-refractivity contribution < 1.29 is 11.4 Å². The van der Waals surface area contributed by atoms with Crippen molar-refractivity contribution >= 4 is 21.4 Å². The first-order valence-electron chi connectivity index (χ1n) is 12.4. The third kappa shape index (κ3) is 8.54. The topological polar surface area (TPSA) is 40.0 Å². The van der Waals surface area contributed by atoms with Gasteiger partial charge < -0.3 is 11.4 Å². The van der Waals surface area contributed by atoms with Gasteiger partial charge in [0.15, 0.2) is 0 Å². The van der Waals surface area contributed by atoms with Crippen molar-refractivity contribution in [3.8, 4) is 5.75 Å². The monoisotopic (exact) mass is 481 g/mol. The van der Waals surface area contributed by atoms with Crippen LogP contribution in [0.15, 0.2) is 47.5 Å². The highest BCUT2D eigenvalue weighted by molar-refractivity contribution is 6.37. The Kier molecular flexibility index (Phi) is 9.98. The molecule has 186 valence electrons. The number of benzene rings is 2. The Morgan fingerprint density at radius 1 is 0.794 bits per heavy atom. The highest BCUT2D eigenvalue weighted by Gasteiger charge is 2.40. The number of rotatable bonds is 9. The molecule has 4 nitrogen and oxygen atoms in total. The van der Waals surface area contributed by atoms with Crippen molar-refractivity contribution in [2.24, 2.45) is 4.99 Å². The second kappa shape index (κ2) is 11.9. The highest BCUT2D eigenvalue weighted by atomic mass is 27.3. The van der Waals surface area contributed by atoms with E-state index in [0.29, 0.717) is 0 Å². The zero-order valence-electron chi connectivity index (χ0n) is 23.1. The molecule has 0 N–H and O–H groups in total. The van der Waals surface area contributed by atoms with E-state index >= 15 is 0 Å². The minimum atomic E-state index is -2.43. The van der Waals surface area contributed by atoms with E-state index in [0.717, 1.165) is 16.9 Å². The second-order valence-corrected chi connectivity index (χ2v) is 12.9. The molecule has 0 aromatic heterocycles. The van der Waals surface area contributed by atoms with E-state index in [-0.39, 0.29) is 29.1 Å². The Bertz CT molecular complexity index is 930. The summed E-state index contributed by atoms with van der Waals surface area (Å²) in [5, 5.41) is 0. The molecule has 0 radical (unpaired) electrons. The predicted molar refractivity (Wildman–Crippen MR) is 145 cm³/mol. The lowest BCUT2D eigenvalue weighted by Gasteiger charge is -2.30. The molecule has 2 aromatic rings. The van der Waals surface area contributed by atoms with Crippen LogP contribution in [-0.4, -0.2) is 33.6 Å². The van der Waals surface area contributed by atoms with Crippen LogP contribution in [0.4, 0.5) is 0 Å². The number of nitrogens with zero attached hydrogens (tertiary/aromatic N) is 1.